The SMILES string of the molecule is CCNC1(CO)CCC(N2CC(C)OCC2CC)C1. The smallest absolute Gasteiger partial charge is 0.0674 e. The van der Waals surface area contributed by atoms with Crippen LogP contribution in [0.3, 0.4) is 0 Å². The summed E-state index contributed by atoms with van der Waals surface area (Å²) in [5, 5.41) is 13.2. The second-order valence-electron chi connectivity index (χ2n) is 6.27. The van der Waals surface area contributed by atoms with Crippen molar-refractivity contribution in [3.63, 3.8) is 0 Å². The van der Waals surface area contributed by atoms with Gasteiger partial charge in [0.15, 0.2) is 0 Å². The molecule has 1 heterocycles. The van der Waals surface area contributed by atoms with Gasteiger partial charge in [0.05, 0.1) is 19.3 Å². The molecule has 2 fully saturated rings. The van der Waals surface area contributed by atoms with Crippen molar-refractivity contribution < 1.29 is 9.84 Å². The number of hydrogen-bond donors (Lipinski definition) is 2. The zero-order chi connectivity index (χ0) is 13.9. The lowest BCUT2D eigenvalue weighted by Gasteiger charge is -2.42. The fourth-order valence-corrected chi connectivity index (χ4v) is 3.79. The molecule has 0 amide bonds. The molecule has 1 saturated carbocycles. The first-order chi connectivity index (χ1) is 9.14. The minimum absolute atomic E-state index is 0.0424. The molecule has 1 saturated heterocycles. The topological polar surface area (TPSA) is 44.7 Å². The van der Waals surface area contributed by atoms with E-state index in [9.17, 15) is 5.11 Å². The summed E-state index contributed by atoms with van der Waals surface area (Å²) in [6.07, 6.45) is 4.84. The number of nitrogens with zero attached hydrogens (tertiary/aromatic N) is 1. The van der Waals surface area contributed by atoms with Crippen LogP contribution in [-0.4, -0.2) is 60.0 Å². The van der Waals surface area contributed by atoms with Crippen molar-refractivity contribution in [2.75, 3.05) is 26.3 Å². The first-order valence-electron chi connectivity index (χ1n) is 7.87. The minimum atomic E-state index is -0.0424. The monoisotopic (exact) mass is 270 g/mol. The number of aliphatic hydroxyl groups is 1. The number of ether oxygens (including phenoxy) is 1. The Balaban J connectivity index is 2.01. The summed E-state index contributed by atoms with van der Waals surface area (Å²) in [5.74, 6) is 0. The average Bonchev–Trinajstić information content (AvgIpc) is 2.84. The third kappa shape index (κ3) is 3.30. The lowest BCUT2D eigenvalue weighted by molar-refractivity contribution is -0.0727. The molecule has 1 aliphatic heterocycles. The van der Waals surface area contributed by atoms with Gasteiger partial charge in [0.1, 0.15) is 0 Å². The largest absolute Gasteiger partial charge is 0.394 e. The Labute approximate surface area is 117 Å². The van der Waals surface area contributed by atoms with Crippen molar-refractivity contribution in [1.29, 1.82) is 0 Å². The van der Waals surface area contributed by atoms with Gasteiger partial charge in [0.25, 0.3) is 0 Å². The van der Waals surface area contributed by atoms with E-state index in [0.717, 1.165) is 39.0 Å². The highest BCUT2D eigenvalue weighted by Crippen LogP contribution is 2.35. The standard InChI is InChI=1S/C15H30N2O2/c1-4-13-10-19-12(3)9-17(13)14-6-7-15(8-14,11-18)16-5-2/h12-14,16,18H,4-11H2,1-3H3. The van der Waals surface area contributed by atoms with Crippen LogP contribution in [0.5, 0.6) is 0 Å². The van der Waals surface area contributed by atoms with Crippen LogP contribution in [0.1, 0.15) is 46.5 Å². The van der Waals surface area contributed by atoms with Gasteiger partial charge >= 0.3 is 0 Å². The zero-order valence-corrected chi connectivity index (χ0v) is 12.7. The molecule has 4 unspecified atom stereocenters. The molecule has 0 aromatic heterocycles. The molecule has 4 heteroatoms. The quantitative estimate of drug-likeness (QED) is 0.792. The third-order valence-corrected chi connectivity index (χ3v) is 4.89. The highest BCUT2D eigenvalue weighted by atomic mass is 16.5. The highest BCUT2D eigenvalue weighted by Gasteiger charge is 2.42. The van der Waals surface area contributed by atoms with Gasteiger partial charge in [-0.15, -0.1) is 0 Å². The van der Waals surface area contributed by atoms with Crippen LogP contribution in [0.25, 0.3) is 0 Å². The van der Waals surface area contributed by atoms with Crippen LogP contribution >= 0.6 is 0 Å². The van der Waals surface area contributed by atoms with E-state index in [1.165, 1.54) is 6.42 Å². The first-order valence-corrected chi connectivity index (χ1v) is 7.87. The second-order valence-corrected chi connectivity index (χ2v) is 6.27. The van der Waals surface area contributed by atoms with Gasteiger partial charge in [0, 0.05) is 24.2 Å². The zero-order valence-electron chi connectivity index (χ0n) is 12.7. The third-order valence-electron chi connectivity index (χ3n) is 4.89. The minimum Gasteiger partial charge on any atom is -0.394 e. The summed E-state index contributed by atoms with van der Waals surface area (Å²) in [6.45, 7) is 9.62. The van der Waals surface area contributed by atoms with Gasteiger partial charge in [-0.1, -0.05) is 13.8 Å². The summed E-state index contributed by atoms with van der Waals surface area (Å²) in [6, 6.07) is 1.15. The van der Waals surface area contributed by atoms with Gasteiger partial charge in [-0.25, -0.2) is 0 Å². The maximum absolute atomic E-state index is 9.73. The van der Waals surface area contributed by atoms with Crippen molar-refractivity contribution >= 4 is 0 Å². The van der Waals surface area contributed by atoms with Crippen molar-refractivity contribution in [1.82, 2.24) is 10.2 Å². The first kappa shape index (κ1) is 15.2. The molecule has 0 radical (unpaired) electrons. The van der Waals surface area contributed by atoms with Crippen molar-refractivity contribution in [3.05, 3.63) is 0 Å². The maximum atomic E-state index is 9.73. The Hall–Kier alpha value is -0.160. The number of likely N-dealkylation sites (N-methyl/N-ethyl adjacent to an activating group) is 1. The predicted octanol–water partition coefficient (Wildman–Crippen LogP) is 1.38. The Morgan fingerprint density at radius 1 is 1.42 bits per heavy atom. The maximum Gasteiger partial charge on any atom is 0.0674 e. The van der Waals surface area contributed by atoms with Gasteiger partial charge in [-0.2, -0.15) is 0 Å². The predicted molar refractivity (Wildman–Crippen MR) is 77.3 cm³/mol. The summed E-state index contributed by atoms with van der Waals surface area (Å²) < 4.78 is 5.79. The normalized spacial score (nSPS) is 40.7. The molecule has 0 aromatic carbocycles. The molecular formula is C15H30N2O2. The Morgan fingerprint density at radius 3 is 2.84 bits per heavy atom. The van der Waals surface area contributed by atoms with Crippen LogP contribution in [0.2, 0.25) is 0 Å². The van der Waals surface area contributed by atoms with Crippen LogP contribution in [0.15, 0.2) is 0 Å². The molecule has 4 nitrogen and oxygen atoms in total. The number of rotatable bonds is 5. The molecule has 2 N–H and O–H groups in total. The van der Waals surface area contributed by atoms with Crippen molar-refractivity contribution in [3.8, 4) is 0 Å². The molecular weight excluding hydrogens is 240 g/mol. The van der Waals surface area contributed by atoms with E-state index in [1.54, 1.807) is 0 Å². The average molecular weight is 270 g/mol. The van der Waals surface area contributed by atoms with Gasteiger partial charge in [-0.3, -0.25) is 4.90 Å². The number of hydrogen-bond acceptors (Lipinski definition) is 4. The number of aliphatic hydroxyl groups excluding tert-OH is 1. The van der Waals surface area contributed by atoms with E-state index >= 15 is 0 Å². The summed E-state index contributed by atoms with van der Waals surface area (Å²) in [4.78, 5) is 2.64. The van der Waals surface area contributed by atoms with E-state index in [1.807, 2.05) is 0 Å². The van der Waals surface area contributed by atoms with E-state index in [-0.39, 0.29) is 12.1 Å². The van der Waals surface area contributed by atoms with Crippen molar-refractivity contribution in [2.45, 2.75) is 70.2 Å². The molecule has 0 aromatic rings. The fourth-order valence-electron chi connectivity index (χ4n) is 3.79. The van der Waals surface area contributed by atoms with Gasteiger partial charge in [-0.05, 0) is 39.2 Å². The van der Waals surface area contributed by atoms with E-state index in [2.05, 4.69) is 31.0 Å². The molecule has 1 aliphatic carbocycles. The van der Waals surface area contributed by atoms with Crippen LogP contribution in [0.4, 0.5) is 0 Å². The van der Waals surface area contributed by atoms with Crippen LogP contribution in [0, 0.1) is 0 Å². The van der Waals surface area contributed by atoms with Gasteiger partial charge in [0.2, 0.25) is 0 Å². The lowest BCUT2D eigenvalue weighted by Crippen LogP contribution is -2.54. The molecule has 19 heavy (non-hydrogen) atoms. The van der Waals surface area contributed by atoms with E-state index in [4.69, 9.17) is 4.74 Å². The Bertz CT molecular complexity index is 287. The van der Waals surface area contributed by atoms with Gasteiger partial charge < -0.3 is 15.2 Å². The fraction of sp³-hybridized carbons (Fsp3) is 1.00. The van der Waals surface area contributed by atoms with E-state index < -0.39 is 0 Å². The lowest BCUT2D eigenvalue weighted by atomic mass is 9.97. The van der Waals surface area contributed by atoms with Crippen LogP contribution in [-0.2, 0) is 4.74 Å². The molecule has 0 spiro atoms. The summed E-state index contributed by atoms with van der Waals surface area (Å²) in [5.41, 5.74) is -0.0424. The highest BCUT2D eigenvalue weighted by molar-refractivity contribution is 5.01. The van der Waals surface area contributed by atoms with E-state index in [0.29, 0.717) is 18.2 Å². The summed E-state index contributed by atoms with van der Waals surface area (Å²) in [7, 11) is 0. The second kappa shape index (κ2) is 6.53. The summed E-state index contributed by atoms with van der Waals surface area (Å²) >= 11 is 0. The molecule has 0 bridgehead atoms. The molecule has 4 atom stereocenters. The van der Waals surface area contributed by atoms with Crippen LogP contribution < -0.4 is 5.32 Å². The number of morpholine rings is 1. The molecule has 2 aliphatic rings. The Kier molecular flexibility index (Phi) is 5.23. The number of nitrogens with one attached hydrogen (secondary N) is 1. The van der Waals surface area contributed by atoms with Crippen molar-refractivity contribution in [2.24, 2.45) is 0 Å². The molecule has 112 valence electrons. The molecule has 2 rings (SSSR count). The Morgan fingerprint density at radius 2 is 2.21 bits per heavy atom.